The molecular weight excluding hydrogens is 229 g/mol. The number of benzene rings is 1. The van der Waals surface area contributed by atoms with Gasteiger partial charge in [0.2, 0.25) is 5.91 Å². The molecule has 0 aliphatic carbocycles. The van der Waals surface area contributed by atoms with E-state index in [1.165, 1.54) is 12.1 Å². The zero-order chi connectivity index (χ0) is 12.8. The first kappa shape index (κ1) is 13.1. The van der Waals surface area contributed by atoms with Gasteiger partial charge in [-0.25, -0.2) is 9.18 Å². The molecule has 0 aliphatic heterocycles. The van der Waals surface area contributed by atoms with E-state index in [4.69, 9.17) is 5.11 Å². The average Bonchev–Trinajstić information content (AvgIpc) is 2.21. The number of carboxylic acids is 1. The summed E-state index contributed by atoms with van der Waals surface area (Å²) < 4.78 is 17.9. The van der Waals surface area contributed by atoms with Gasteiger partial charge in [0.15, 0.2) is 0 Å². The number of aliphatic carboxylic acids is 1. The third-order valence-corrected chi connectivity index (χ3v) is 1.86. The summed E-state index contributed by atoms with van der Waals surface area (Å²) in [5.74, 6) is -2.31. The summed E-state index contributed by atoms with van der Waals surface area (Å²) in [6.07, 6.45) is 0. The highest BCUT2D eigenvalue weighted by Gasteiger charge is 2.07. The molecule has 0 unspecified atom stereocenters. The van der Waals surface area contributed by atoms with Crippen molar-refractivity contribution in [2.45, 2.75) is 6.92 Å². The molecule has 2 N–H and O–H groups in total. The van der Waals surface area contributed by atoms with Crippen LogP contribution in [0.3, 0.4) is 0 Å². The summed E-state index contributed by atoms with van der Waals surface area (Å²) >= 11 is 0. The highest BCUT2D eigenvalue weighted by Crippen LogP contribution is 2.14. The Morgan fingerprint density at radius 3 is 2.71 bits per heavy atom. The Morgan fingerprint density at radius 2 is 2.12 bits per heavy atom. The molecule has 0 saturated heterocycles. The van der Waals surface area contributed by atoms with Gasteiger partial charge in [-0.05, 0) is 24.6 Å². The molecule has 92 valence electrons. The zero-order valence-corrected chi connectivity index (χ0v) is 9.20. The quantitative estimate of drug-likeness (QED) is 0.811. The van der Waals surface area contributed by atoms with E-state index in [1.807, 2.05) is 0 Å². The summed E-state index contributed by atoms with van der Waals surface area (Å²) in [6, 6.07) is 4.37. The Kier molecular flexibility index (Phi) is 4.59. The molecule has 0 fully saturated rings. The van der Waals surface area contributed by atoms with E-state index in [-0.39, 0.29) is 5.69 Å². The number of aryl methyl sites for hydroxylation is 1. The molecule has 6 heteroatoms. The minimum atomic E-state index is -1.17. The molecule has 0 heterocycles. The summed E-state index contributed by atoms with van der Waals surface area (Å²) in [7, 11) is 0. The first-order chi connectivity index (χ1) is 7.99. The number of anilines is 1. The van der Waals surface area contributed by atoms with Crippen molar-refractivity contribution in [1.29, 1.82) is 0 Å². The maximum atomic E-state index is 13.3. The van der Waals surface area contributed by atoms with Crippen LogP contribution in [0, 0.1) is 12.7 Å². The molecular formula is C11H12FNO4. The SMILES string of the molecule is Cc1ccc(NC(=O)COCC(=O)O)c(F)c1. The normalized spacial score (nSPS) is 10.0. The molecule has 0 bridgehead atoms. The van der Waals surface area contributed by atoms with Crippen LogP contribution >= 0.6 is 0 Å². The summed E-state index contributed by atoms with van der Waals surface area (Å²) in [6.45, 7) is 0.730. The number of ether oxygens (including phenoxy) is 1. The van der Waals surface area contributed by atoms with Crippen LogP contribution in [-0.2, 0) is 14.3 Å². The van der Waals surface area contributed by atoms with Gasteiger partial charge in [-0.3, -0.25) is 4.79 Å². The number of amides is 1. The van der Waals surface area contributed by atoms with E-state index in [0.29, 0.717) is 0 Å². The summed E-state index contributed by atoms with van der Waals surface area (Å²) in [5.41, 5.74) is 0.780. The second-order valence-corrected chi connectivity index (χ2v) is 3.42. The van der Waals surface area contributed by atoms with Gasteiger partial charge in [0.25, 0.3) is 0 Å². The van der Waals surface area contributed by atoms with Crippen LogP contribution in [0.2, 0.25) is 0 Å². The van der Waals surface area contributed by atoms with Crippen LogP contribution in [0.25, 0.3) is 0 Å². The summed E-state index contributed by atoms with van der Waals surface area (Å²) in [4.78, 5) is 21.3. The molecule has 1 amide bonds. The van der Waals surface area contributed by atoms with E-state index in [9.17, 15) is 14.0 Å². The van der Waals surface area contributed by atoms with Gasteiger partial charge in [-0.1, -0.05) is 6.07 Å². The number of halogens is 1. The van der Waals surface area contributed by atoms with Crippen LogP contribution < -0.4 is 5.32 Å². The maximum Gasteiger partial charge on any atom is 0.329 e. The standard InChI is InChI=1S/C11H12FNO4/c1-7-2-3-9(8(12)4-7)13-10(14)5-17-6-11(15)16/h2-4H,5-6H2,1H3,(H,13,14)(H,15,16). The van der Waals surface area contributed by atoms with Gasteiger partial charge in [0, 0.05) is 0 Å². The Bertz CT molecular complexity index is 433. The molecule has 0 aromatic heterocycles. The third kappa shape index (κ3) is 4.60. The number of carbonyl (C=O) groups is 2. The number of hydrogen-bond donors (Lipinski definition) is 2. The van der Waals surface area contributed by atoms with Crippen molar-refractivity contribution in [1.82, 2.24) is 0 Å². The fraction of sp³-hybridized carbons (Fsp3) is 0.273. The Hall–Kier alpha value is -1.95. The Labute approximate surface area is 97.2 Å². The van der Waals surface area contributed by atoms with Gasteiger partial charge in [0.05, 0.1) is 5.69 Å². The molecule has 17 heavy (non-hydrogen) atoms. The third-order valence-electron chi connectivity index (χ3n) is 1.86. The maximum absolute atomic E-state index is 13.3. The van der Waals surface area contributed by atoms with Crippen LogP contribution in [0.1, 0.15) is 5.56 Å². The zero-order valence-electron chi connectivity index (χ0n) is 9.20. The molecule has 0 aliphatic rings. The first-order valence-corrected chi connectivity index (χ1v) is 4.84. The number of nitrogens with one attached hydrogen (secondary N) is 1. The van der Waals surface area contributed by atoms with Crippen molar-refractivity contribution in [3.8, 4) is 0 Å². The van der Waals surface area contributed by atoms with Crippen LogP contribution in [-0.4, -0.2) is 30.2 Å². The predicted octanol–water partition coefficient (Wildman–Crippen LogP) is 1.17. The lowest BCUT2D eigenvalue weighted by atomic mass is 10.2. The van der Waals surface area contributed by atoms with Gasteiger partial charge in [-0.15, -0.1) is 0 Å². The largest absolute Gasteiger partial charge is 0.480 e. The lowest BCUT2D eigenvalue weighted by Gasteiger charge is -2.06. The number of carbonyl (C=O) groups excluding carboxylic acids is 1. The molecule has 0 spiro atoms. The fourth-order valence-electron chi connectivity index (χ4n) is 1.14. The highest BCUT2D eigenvalue weighted by atomic mass is 19.1. The minimum Gasteiger partial charge on any atom is -0.480 e. The Balaban J connectivity index is 2.48. The molecule has 0 atom stereocenters. The highest BCUT2D eigenvalue weighted by molar-refractivity contribution is 5.91. The summed E-state index contributed by atoms with van der Waals surface area (Å²) in [5, 5.41) is 10.6. The predicted molar refractivity (Wildman–Crippen MR) is 58.2 cm³/mol. The van der Waals surface area contributed by atoms with E-state index in [0.717, 1.165) is 5.56 Å². The average molecular weight is 241 g/mol. The van der Waals surface area contributed by atoms with E-state index in [1.54, 1.807) is 13.0 Å². The van der Waals surface area contributed by atoms with Crippen molar-refractivity contribution in [2.24, 2.45) is 0 Å². The van der Waals surface area contributed by atoms with Gasteiger partial charge >= 0.3 is 5.97 Å². The lowest BCUT2D eigenvalue weighted by molar-refractivity contribution is -0.143. The van der Waals surface area contributed by atoms with Crippen LogP contribution in [0.5, 0.6) is 0 Å². The molecule has 0 radical (unpaired) electrons. The van der Waals surface area contributed by atoms with Crippen molar-refractivity contribution < 1.29 is 23.8 Å². The first-order valence-electron chi connectivity index (χ1n) is 4.84. The van der Waals surface area contributed by atoms with Crippen LogP contribution in [0.4, 0.5) is 10.1 Å². The lowest BCUT2D eigenvalue weighted by Crippen LogP contribution is -2.21. The number of rotatable bonds is 5. The second-order valence-electron chi connectivity index (χ2n) is 3.42. The van der Waals surface area contributed by atoms with Gasteiger partial charge in [0.1, 0.15) is 19.0 Å². The monoisotopic (exact) mass is 241 g/mol. The van der Waals surface area contributed by atoms with E-state index < -0.39 is 30.9 Å². The van der Waals surface area contributed by atoms with Crippen molar-refractivity contribution in [3.63, 3.8) is 0 Å². The Morgan fingerprint density at radius 1 is 1.41 bits per heavy atom. The minimum absolute atomic E-state index is 0.0412. The smallest absolute Gasteiger partial charge is 0.329 e. The van der Waals surface area contributed by atoms with Crippen molar-refractivity contribution in [2.75, 3.05) is 18.5 Å². The van der Waals surface area contributed by atoms with Crippen molar-refractivity contribution in [3.05, 3.63) is 29.6 Å². The fourth-order valence-corrected chi connectivity index (χ4v) is 1.14. The number of hydrogen-bond acceptors (Lipinski definition) is 3. The van der Waals surface area contributed by atoms with Gasteiger partial charge < -0.3 is 15.2 Å². The van der Waals surface area contributed by atoms with Crippen molar-refractivity contribution >= 4 is 17.6 Å². The second kappa shape index (κ2) is 5.95. The van der Waals surface area contributed by atoms with Crippen LogP contribution in [0.15, 0.2) is 18.2 Å². The molecule has 0 saturated carbocycles. The molecule has 5 nitrogen and oxygen atoms in total. The molecule has 1 aromatic rings. The van der Waals surface area contributed by atoms with E-state index >= 15 is 0 Å². The topological polar surface area (TPSA) is 75.6 Å². The number of carboxylic acid groups (broad SMARTS) is 1. The van der Waals surface area contributed by atoms with E-state index in [2.05, 4.69) is 10.1 Å². The van der Waals surface area contributed by atoms with Gasteiger partial charge in [-0.2, -0.15) is 0 Å². The molecule has 1 aromatic carbocycles. The molecule has 1 rings (SSSR count).